The second kappa shape index (κ2) is 5.94. The molecule has 0 aliphatic rings. The number of amides is 1. The fourth-order valence-corrected chi connectivity index (χ4v) is 2.96. The van der Waals surface area contributed by atoms with Gasteiger partial charge in [-0.2, -0.15) is 0 Å². The highest BCUT2D eigenvalue weighted by Crippen LogP contribution is 2.23. The third kappa shape index (κ3) is 3.49. The number of thiophene rings is 1. The van der Waals surface area contributed by atoms with Gasteiger partial charge in [0, 0.05) is 22.4 Å². The lowest BCUT2D eigenvalue weighted by atomic mass is 10.2. The zero-order valence-corrected chi connectivity index (χ0v) is 12.5. The van der Waals surface area contributed by atoms with Crippen LogP contribution in [0.25, 0.3) is 0 Å². The second-order valence-corrected chi connectivity index (χ2v) is 6.31. The molecule has 2 nitrogen and oxygen atoms in total. The van der Waals surface area contributed by atoms with Gasteiger partial charge in [0.25, 0.3) is 5.91 Å². The number of hydrogen-bond acceptors (Lipinski definition) is 3. The van der Waals surface area contributed by atoms with Gasteiger partial charge in [-0.1, -0.05) is 11.6 Å². The van der Waals surface area contributed by atoms with E-state index in [0.29, 0.717) is 16.4 Å². The minimum absolute atomic E-state index is 0.165. The summed E-state index contributed by atoms with van der Waals surface area (Å²) in [5.41, 5.74) is 0.413. The third-order valence-electron chi connectivity index (χ3n) is 2.56. The fourth-order valence-electron chi connectivity index (χ4n) is 1.61. The molecule has 0 unspecified atom stereocenters. The van der Waals surface area contributed by atoms with Crippen LogP contribution in [0.15, 0.2) is 35.2 Å². The number of carbonyl (C=O) groups excluding carboxylic acids is 1. The summed E-state index contributed by atoms with van der Waals surface area (Å²) in [6.45, 7) is 0.468. The predicted octanol–water partition coefficient (Wildman–Crippen LogP) is 4.10. The molecule has 0 aliphatic heterocycles. The van der Waals surface area contributed by atoms with Gasteiger partial charge >= 0.3 is 0 Å². The monoisotopic (exact) mass is 315 g/mol. The van der Waals surface area contributed by atoms with Gasteiger partial charge < -0.3 is 4.90 Å². The van der Waals surface area contributed by atoms with E-state index in [9.17, 15) is 9.18 Å². The SMILES string of the molecule is CN(Cc1ccc(Cl)s1)C(=O)c1ccc(F)c(S)c1. The van der Waals surface area contributed by atoms with E-state index in [0.717, 1.165) is 4.88 Å². The Morgan fingerprint density at radius 2 is 2.16 bits per heavy atom. The predicted molar refractivity (Wildman–Crippen MR) is 78.8 cm³/mol. The first-order valence-electron chi connectivity index (χ1n) is 5.45. The first-order valence-corrected chi connectivity index (χ1v) is 7.09. The Balaban J connectivity index is 2.12. The summed E-state index contributed by atoms with van der Waals surface area (Å²) < 4.78 is 13.8. The molecule has 0 atom stereocenters. The number of thiol groups is 1. The number of rotatable bonds is 3. The van der Waals surface area contributed by atoms with Gasteiger partial charge in [-0.3, -0.25) is 4.79 Å². The first-order chi connectivity index (χ1) is 8.97. The summed E-state index contributed by atoms with van der Waals surface area (Å²) in [7, 11) is 1.69. The van der Waals surface area contributed by atoms with Crippen molar-refractivity contribution in [2.45, 2.75) is 11.4 Å². The molecule has 0 bridgehead atoms. The van der Waals surface area contributed by atoms with Crippen molar-refractivity contribution in [3.63, 3.8) is 0 Å². The van der Waals surface area contributed by atoms with Crippen LogP contribution in [0, 0.1) is 5.82 Å². The maximum Gasteiger partial charge on any atom is 0.253 e. The minimum atomic E-state index is -0.437. The molecule has 1 heterocycles. The maximum absolute atomic E-state index is 13.1. The molecule has 0 fully saturated rings. The minimum Gasteiger partial charge on any atom is -0.337 e. The topological polar surface area (TPSA) is 20.3 Å². The summed E-state index contributed by atoms with van der Waals surface area (Å²) in [4.78, 5) is 14.9. The quantitative estimate of drug-likeness (QED) is 0.845. The van der Waals surface area contributed by atoms with E-state index in [1.54, 1.807) is 18.0 Å². The highest BCUT2D eigenvalue weighted by molar-refractivity contribution is 7.80. The lowest BCUT2D eigenvalue weighted by Gasteiger charge is -2.16. The van der Waals surface area contributed by atoms with Crippen LogP contribution in [0.1, 0.15) is 15.2 Å². The molecule has 0 radical (unpaired) electrons. The number of nitrogens with zero attached hydrogens (tertiary/aromatic N) is 1. The van der Waals surface area contributed by atoms with Crippen LogP contribution in [-0.4, -0.2) is 17.9 Å². The Morgan fingerprint density at radius 3 is 2.74 bits per heavy atom. The van der Waals surface area contributed by atoms with E-state index >= 15 is 0 Å². The molecule has 2 aromatic rings. The first kappa shape index (κ1) is 14.4. The number of hydrogen-bond donors (Lipinski definition) is 1. The summed E-state index contributed by atoms with van der Waals surface area (Å²) >= 11 is 11.2. The van der Waals surface area contributed by atoms with Crippen molar-refractivity contribution < 1.29 is 9.18 Å². The van der Waals surface area contributed by atoms with Crippen LogP contribution in [0.2, 0.25) is 4.34 Å². The molecule has 0 spiro atoms. The zero-order valence-electron chi connectivity index (χ0n) is 10.1. The van der Waals surface area contributed by atoms with Crippen molar-refractivity contribution >= 4 is 41.5 Å². The largest absolute Gasteiger partial charge is 0.337 e. The zero-order chi connectivity index (χ0) is 14.0. The molecule has 1 aromatic carbocycles. The Morgan fingerprint density at radius 1 is 1.42 bits per heavy atom. The van der Waals surface area contributed by atoms with Crippen LogP contribution in [-0.2, 0) is 6.54 Å². The van der Waals surface area contributed by atoms with Crippen LogP contribution in [0.5, 0.6) is 0 Å². The Hall–Kier alpha value is -1.04. The molecule has 6 heteroatoms. The molecular formula is C13H11ClFNOS2. The van der Waals surface area contributed by atoms with Crippen molar-refractivity contribution in [2.75, 3.05) is 7.05 Å². The van der Waals surface area contributed by atoms with E-state index < -0.39 is 5.82 Å². The molecule has 1 aromatic heterocycles. The fraction of sp³-hybridized carbons (Fsp3) is 0.154. The summed E-state index contributed by atoms with van der Waals surface area (Å²) in [5, 5.41) is 0. The van der Waals surface area contributed by atoms with E-state index in [-0.39, 0.29) is 10.8 Å². The van der Waals surface area contributed by atoms with Crippen LogP contribution in [0.4, 0.5) is 4.39 Å². The van der Waals surface area contributed by atoms with Crippen molar-refractivity contribution in [2.24, 2.45) is 0 Å². The van der Waals surface area contributed by atoms with Crippen molar-refractivity contribution in [3.05, 3.63) is 50.9 Å². The molecule has 0 N–H and O–H groups in total. The van der Waals surface area contributed by atoms with Gasteiger partial charge in [-0.25, -0.2) is 4.39 Å². The van der Waals surface area contributed by atoms with Crippen LogP contribution >= 0.6 is 35.6 Å². The normalized spacial score (nSPS) is 10.5. The lowest BCUT2D eigenvalue weighted by molar-refractivity contribution is 0.0786. The summed E-state index contributed by atoms with van der Waals surface area (Å²) in [6, 6.07) is 7.80. The van der Waals surface area contributed by atoms with Crippen molar-refractivity contribution in [3.8, 4) is 0 Å². The highest BCUT2D eigenvalue weighted by atomic mass is 35.5. The van der Waals surface area contributed by atoms with Gasteiger partial charge in [0.2, 0.25) is 0 Å². The molecule has 0 saturated carbocycles. The summed E-state index contributed by atoms with van der Waals surface area (Å²) in [5.74, 6) is -0.618. The maximum atomic E-state index is 13.1. The molecule has 2 rings (SSSR count). The highest BCUT2D eigenvalue weighted by Gasteiger charge is 2.14. The smallest absolute Gasteiger partial charge is 0.253 e. The van der Waals surface area contributed by atoms with Gasteiger partial charge in [0.05, 0.1) is 10.9 Å². The van der Waals surface area contributed by atoms with E-state index in [2.05, 4.69) is 12.6 Å². The number of carbonyl (C=O) groups is 1. The molecule has 100 valence electrons. The van der Waals surface area contributed by atoms with Crippen LogP contribution < -0.4 is 0 Å². The Kier molecular flexibility index (Phi) is 4.50. The van der Waals surface area contributed by atoms with Gasteiger partial charge in [0.1, 0.15) is 5.82 Å². The molecular weight excluding hydrogens is 305 g/mol. The van der Waals surface area contributed by atoms with E-state index in [1.807, 2.05) is 6.07 Å². The molecule has 0 saturated heterocycles. The van der Waals surface area contributed by atoms with Crippen LogP contribution in [0.3, 0.4) is 0 Å². The summed E-state index contributed by atoms with van der Waals surface area (Å²) in [6.07, 6.45) is 0. The average Bonchev–Trinajstić information content (AvgIpc) is 2.77. The second-order valence-electron chi connectivity index (χ2n) is 4.03. The van der Waals surface area contributed by atoms with Crippen molar-refractivity contribution in [1.29, 1.82) is 0 Å². The van der Waals surface area contributed by atoms with Gasteiger partial charge in [0.15, 0.2) is 0 Å². The third-order valence-corrected chi connectivity index (χ3v) is 4.12. The van der Waals surface area contributed by atoms with Gasteiger partial charge in [-0.05, 0) is 30.3 Å². The standard InChI is InChI=1S/C13H11ClFNOS2/c1-16(7-9-3-5-12(14)19-9)13(17)8-2-4-10(15)11(18)6-8/h2-6,18H,7H2,1H3. The number of halogens is 2. The molecule has 0 aliphatic carbocycles. The van der Waals surface area contributed by atoms with Crippen molar-refractivity contribution in [1.82, 2.24) is 4.90 Å². The Bertz CT molecular complexity index is 614. The lowest BCUT2D eigenvalue weighted by Crippen LogP contribution is -2.25. The molecule has 19 heavy (non-hydrogen) atoms. The van der Waals surface area contributed by atoms with E-state index in [4.69, 9.17) is 11.6 Å². The number of benzene rings is 1. The Labute approximate surface area is 125 Å². The molecule has 1 amide bonds. The van der Waals surface area contributed by atoms with E-state index in [1.165, 1.54) is 29.5 Å². The van der Waals surface area contributed by atoms with Gasteiger partial charge in [-0.15, -0.1) is 24.0 Å². The average molecular weight is 316 g/mol.